The van der Waals surface area contributed by atoms with Crippen LogP contribution in [0.2, 0.25) is 0 Å². The molecule has 2 aromatic rings. The third-order valence-electron chi connectivity index (χ3n) is 3.99. The van der Waals surface area contributed by atoms with Crippen molar-refractivity contribution in [2.24, 2.45) is 7.05 Å². The molecule has 0 aliphatic carbocycles. The Kier molecular flexibility index (Phi) is 5.20. The molecule has 0 bridgehead atoms. The van der Waals surface area contributed by atoms with Crippen molar-refractivity contribution in [3.8, 4) is 0 Å². The van der Waals surface area contributed by atoms with Crippen LogP contribution < -0.4 is 0 Å². The van der Waals surface area contributed by atoms with Crippen LogP contribution in [-0.4, -0.2) is 50.6 Å². The second-order valence-corrected chi connectivity index (χ2v) is 6.73. The molecule has 0 saturated carbocycles. The summed E-state index contributed by atoms with van der Waals surface area (Å²) < 4.78 is 7.56. The van der Waals surface area contributed by atoms with Gasteiger partial charge in [-0.2, -0.15) is 0 Å². The van der Waals surface area contributed by atoms with E-state index in [-0.39, 0.29) is 6.04 Å². The number of thiophene rings is 1. The fraction of sp³-hybridized carbons (Fsp3) is 0.600. The highest BCUT2D eigenvalue weighted by Gasteiger charge is 2.30. The molecule has 120 valence electrons. The molecule has 22 heavy (non-hydrogen) atoms. The second-order valence-electron chi connectivity index (χ2n) is 5.70. The van der Waals surface area contributed by atoms with E-state index in [0.717, 1.165) is 25.2 Å². The van der Waals surface area contributed by atoms with Crippen LogP contribution in [0, 0.1) is 0 Å². The summed E-state index contributed by atoms with van der Waals surface area (Å²) in [5.41, 5.74) is 0. The van der Waals surface area contributed by atoms with Crippen LogP contribution in [-0.2, 0) is 18.4 Å². The lowest BCUT2D eigenvalue weighted by molar-refractivity contribution is 0.00780. The number of β-amino-alcohol motifs (C(OH)–C–C–N with tert-alkyl or cyclic N) is 1. The lowest BCUT2D eigenvalue weighted by atomic mass is 10.2. The van der Waals surface area contributed by atoms with Crippen LogP contribution in [0.3, 0.4) is 0 Å². The first kappa shape index (κ1) is 15.6. The maximum absolute atomic E-state index is 10.2. The number of aliphatic hydroxyl groups excluding tert-OH is 1. The Morgan fingerprint density at radius 1 is 1.55 bits per heavy atom. The van der Waals surface area contributed by atoms with E-state index in [1.807, 2.05) is 29.1 Å². The summed E-state index contributed by atoms with van der Waals surface area (Å²) in [5.74, 6) is 0.976. The van der Waals surface area contributed by atoms with Gasteiger partial charge in [0.1, 0.15) is 12.2 Å². The van der Waals surface area contributed by atoms with Gasteiger partial charge < -0.3 is 14.4 Å². The maximum atomic E-state index is 10.2. The van der Waals surface area contributed by atoms with E-state index >= 15 is 0 Å². The van der Waals surface area contributed by atoms with Gasteiger partial charge in [-0.3, -0.25) is 4.90 Å². The van der Waals surface area contributed by atoms with Crippen LogP contribution in [0.15, 0.2) is 23.8 Å². The van der Waals surface area contributed by atoms with Crippen LogP contribution in [0.4, 0.5) is 0 Å². The predicted molar refractivity (Wildman–Crippen MR) is 84.5 cm³/mol. The SMILES string of the molecule is Cn1cnnc1C1CCCN1CC(O)COCc1cccs1. The number of rotatable bonds is 7. The molecule has 6 nitrogen and oxygen atoms in total. The average molecular weight is 322 g/mol. The van der Waals surface area contributed by atoms with E-state index in [9.17, 15) is 5.11 Å². The van der Waals surface area contributed by atoms with Crippen LogP contribution in [0.5, 0.6) is 0 Å². The number of ether oxygens (including phenoxy) is 1. The summed E-state index contributed by atoms with van der Waals surface area (Å²) >= 11 is 1.67. The highest BCUT2D eigenvalue weighted by molar-refractivity contribution is 7.09. The number of hydrogen-bond acceptors (Lipinski definition) is 6. The maximum Gasteiger partial charge on any atom is 0.149 e. The Hall–Kier alpha value is -1.28. The summed E-state index contributed by atoms with van der Waals surface area (Å²) in [5, 5.41) is 20.4. The highest BCUT2D eigenvalue weighted by Crippen LogP contribution is 2.30. The van der Waals surface area contributed by atoms with Gasteiger partial charge in [-0.1, -0.05) is 6.07 Å². The zero-order valence-electron chi connectivity index (χ0n) is 12.8. The molecular formula is C15H22N4O2S. The van der Waals surface area contributed by atoms with Gasteiger partial charge in [-0.25, -0.2) is 0 Å². The van der Waals surface area contributed by atoms with Gasteiger partial charge in [0.25, 0.3) is 0 Å². The molecule has 1 fully saturated rings. The van der Waals surface area contributed by atoms with Crippen LogP contribution >= 0.6 is 11.3 Å². The zero-order chi connectivity index (χ0) is 15.4. The molecule has 2 unspecified atom stereocenters. The summed E-state index contributed by atoms with van der Waals surface area (Å²) in [6, 6.07) is 4.30. The van der Waals surface area contributed by atoms with Crippen molar-refractivity contribution >= 4 is 11.3 Å². The number of aliphatic hydroxyl groups is 1. The van der Waals surface area contributed by atoms with Crippen molar-refractivity contribution in [1.82, 2.24) is 19.7 Å². The van der Waals surface area contributed by atoms with E-state index in [1.54, 1.807) is 17.7 Å². The summed E-state index contributed by atoms with van der Waals surface area (Å²) in [4.78, 5) is 3.47. The molecule has 1 aliphatic heterocycles. The minimum Gasteiger partial charge on any atom is -0.389 e. The lowest BCUT2D eigenvalue weighted by Crippen LogP contribution is -2.35. The van der Waals surface area contributed by atoms with E-state index < -0.39 is 6.10 Å². The van der Waals surface area contributed by atoms with Crippen molar-refractivity contribution in [1.29, 1.82) is 0 Å². The van der Waals surface area contributed by atoms with Gasteiger partial charge in [-0.05, 0) is 30.8 Å². The van der Waals surface area contributed by atoms with Crippen molar-refractivity contribution in [3.63, 3.8) is 0 Å². The number of aryl methyl sites for hydroxylation is 1. The van der Waals surface area contributed by atoms with Crippen LogP contribution in [0.25, 0.3) is 0 Å². The topological polar surface area (TPSA) is 63.4 Å². The number of nitrogens with zero attached hydrogens (tertiary/aromatic N) is 4. The van der Waals surface area contributed by atoms with Gasteiger partial charge in [0, 0.05) is 18.5 Å². The molecule has 1 N–H and O–H groups in total. The Morgan fingerprint density at radius 3 is 3.18 bits per heavy atom. The molecule has 7 heteroatoms. The third kappa shape index (κ3) is 3.73. The standard InChI is InChI=1S/C15H22N4O2S/c1-18-11-16-17-15(18)14-5-2-6-19(14)8-12(20)9-21-10-13-4-3-7-22-13/h3-4,7,11-12,14,20H,2,5-6,8-10H2,1H3. The second kappa shape index (κ2) is 7.32. The Bertz CT molecular complexity index is 572. The van der Waals surface area contributed by atoms with Gasteiger partial charge >= 0.3 is 0 Å². The highest BCUT2D eigenvalue weighted by atomic mass is 32.1. The smallest absolute Gasteiger partial charge is 0.149 e. The molecule has 0 spiro atoms. The van der Waals surface area contributed by atoms with Gasteiger partial charge in [-0.15, -0.1) is 21.5 Å². The average Bonchev–Trinajstić information content (AvgIpc) is 3.21. The molecule has 0 amide bonds. The molecule has 1 saturated heterocycles. The lowest BCUT2D eigenvalue weighted by Gasteiger charge is -2.25. The molecule has 0 aromatic carbocycles. The van der Waals surface area contributed by atoms with E-state index in [1.165, 1.54) is 4.88 Å². The normalized spacial score (nSPS) is 20.5. The van der Waals surface area contributed by atoms with Crippen molar-refractivity contribution < 1.29 is 9.84 Å². The number of hydrogen-bond donors (Lipinski definition) is 1. The van der Waals surface area contributed by atoms with Gasteiger partial charge in [0.15, 0.2) is 0 Å². The predicted octanol–water partition coefficient (Wildman–Crippen LogP) is 1.59. The molecule has 2 aromatic heterocycles. The Labute approximate surface area is 134 Å². The van der Waals surface area contributed by atoms with Crippen molar-refractivity contribution in [2.75, 3.05) is 19.7 Å². The minimum atomic E-state index is -0.478. The molecule has 2 atom stereocenters. The van der Waals surface area contributed by atoms with E-state index in [2.05, 4.69) is 15.1 Å². The fourth-order valence-electron chi connectivity index (χ4n) is 2.94. The summed E-state index contributed by atoms with van der Waals surface area (Å²) in [6.07, 6.45) is 3.44. The minimum absolute atomic E-state index is 0.249. The van der Waals surface area contributed by atoms with Crippen molar-refractivity contribution in [2.45, 2.75) is 31.6 Å². The third-order valence-corrected chi connectivity index (χ3v) is 4.84. The van der Waals surface area contributed by atoms with Crippen LogP contribution in [0.1, 0.15) is 29.6 Å². The Balaban J connectivity index is 1.48. The molecule has 3 heterocycles. The number of aromatic nitrogens is 3. The fourth-order valence-corrected chi connectivity index (χ4v) is 3.58. The molecule has 3 rings (SSSR count). The first-order chi connectivity index (χ1) is 10.7. The number of likely N-dealkylation sites (tertiary alicyclic amines) is 1. The van der Waals surface area contributed by atoms with Gasteiger partial charge in [0.2, 0.25) is 0 Å². The first-order valence-corrected chi connectivity index (χ1v) is 8.48. The monoisotopic (exact) mass is 322 g/mol. The first-order valence-electron chi connectivity index (χ1n) is 7.60. The van der Waals surface area contributed by atoms with E-state index in [0.29, 0.717) is 19.8 Å². The van der Waals surface area contributed by atoms with Gasteiger partial charge in [0.05, 0.1) is 25.4 Å². The molecular weight excluding hydrogens is 300 g/mol. The van der Waals surface area contributed by atoms with E-state index in [4.69, 9.17) is 4.74 Å². The van der Waals surface area contributed by atoms with Crippen molar-refractivity contribution in [3.05, 3.63) is 34.5 Å². The molecule has 0 radical (unpaired) electrons. The zero-order valence-corrected chi connectivity index (χ0v) is 13.6. The quantitative estimate of drug-likeness (QED) is 0.839. The summed E-state index contributed by atoms with van der Waals surface area (Å²) in [7, 11) is 1.96. The summed E-state index contributed by atoms with van der Waals surface area (Å²) in [6.45, 7) is 2.53. The Morgan fingerprint density at radius 2 is 2.45 bits per heavy atom. The largest absolute Gasteiger partial charge is 0.389 e. The molecule has 1 aliphatic rings.